The Morgan fingerprint density at radius 3 is 2.47 bits per heavy atom. The second kappa shape index (κ2) is 12.1. The minimum atomic E-state index is -3.65. The Morgan fingerprint density at radius 1 is 1.11 bits per heavy atom. The van der Waals surface area contributed by atoms with Gasteiger partial charge >= 0.3 is 5.97 Å². The summed E-state index contributed by atoms with van der Waals surface area (Å²) < 4.78 is 46.1. The second-order valence-electron chi connectivity index (χ2n) is 8.56. The molecule has 0 atom stereocenters. The summed E-state index contributed by atoms with van der Waals surface area (Å²) in [5.74, 6) is 0.305. The van der Waals surface area contributed by atoms with Gasteiger partial charge in [-0.15, -0.1) is 0 Å². The third-order valence-corrected chi connectivity index (χ3v) is 9.10. The highest BCUT2D eigenvalue weighted by molar-refractivity contribution is 7.89. The Labute approximate surface area is 225 Å². The van der Waals surface area contributed by atoms with E-state index in [4.69, 9.17) is 14.2 Å². The SMILES string of the molecule is CCCCN(CC)S(=O)(=O)c1ccc(C(=O)N=c2sc3cc4c(cc3n2CCC(=O)OCC)OCO4)cc1. The Kier molecular flexibility index (Phi) is 8.85. The number of fused-ring (bicyclic) bond motifs is 2. The molecule has 10 nitrogen and oxygen atoms in total. The van der Waals surface area contributed by atoms with E-state index in [1.165, 1.54) is 39.9 Å². The molecule has 0 saturated heterocycles. The molecule has 4 rings (SSSR count). The predicted octanol–water partition coefficient (Wildman–Crippen LogP) is 3.94. The molecule has 1 aliphatic rings. The van der Waals surface area contributed by atoms with E-state index in [0.717, 1.165) is 23.1 Å². The number of unbranched alkanes of at least 4 members (excludes halogenated alkanes) is 1. The van der Waals surface area contributed by atoms with Crippen molar-refractivity contribution < 1.29 is 32.2 Å². The molecule has 1 aliphatic heterocycles. The molecule has 1 amide bonds. The first-order valence-corrected chi connectivity index (χ1v) is 14.8. The van der Waals surface area contributed by atoms with E-state index in [9.17, 15) is 18.0 Å². The van der Waals surface area contributed by atoms with Crippen LogP contribution in [0.15, 0.2) is 46.3 Å². The van der Waals surface area contributed by atoms with Crippen molar-refractivity contribution in [1.29, 1.82) is 0 Å². The van der Waals surface area contributed by atoms with Crippen LogP contribution in [0.1, 0.15) is 50.4 Å². The molecule has 0 bridgehead atoms. The molecule has 0 aliphatic carbocycles. The van der Waals surface area contributed by atoms with E-state index in [2.05, 4.69) is 4.99 Å². The van der Waals surface area contributed by atoms with Crippen LogP contribution >= 0.6 is 11.3 Å². The van der Waals surface area contributed by atoms with Crippen LogP contribution in [-0.4, -0.2) is 55.7 Å². The molecular weight excluding hydrogens is 530 g/mol. The van der Waals surface area contributed by atoms with Crippen molar-refractivity contribution in [3.63, 3.8) is 0 Å². The standard InChI is InChI=1S/C26H31N3O7S2/c1-4-7-13-28(5-2)38(32,33)19-10-8-18(9-11-19)25(31)27-26-29(14-12-24(30)34-6-3)20-15-21-22(36-17-35-21)16-23(20)37-26/h8-11,15-16H,4-7,12-14,17H2,1-3H3. The van der Waals surface area contributed by atoms with Crippen LogP contribution in [0, 0.1) is 0 Å². The average Bonchev–Trinajstić information content (AvgIpc) is 3.49. The fraction of sp³-hybridized carbons (Fsp3) is 0.423. The van der Waals surface area contributed by atoms with Crippen molar-refractivity contribution in [3.05, 3.63) is 46.8 Å². The number of esters is 1. The zero-order chi connectivity index (χ0) is 27.3. The topological polar surface area (TPSA) is 117 Å². The van der Waals surface area contributed by atoms with Gasteiger partial charge in [-0.2, -0.15) is 9.30 Å². The number of sulfonamides is 1. The molecule has 12 heteroatoms. The quantitative estimate of drug-likeness (QED) is 0.326. The highest BCUT2D eigenvalue weighted by Gasteiger charge is 2.23. The fourth-order valence-corrected chi connectivity index (χ4v) is 6.60. The lowest BCUT2D eigenvalue weighted by molar-refractivity contribution is -0.143. The normalized spacial score (nSPS) is 13.4. The summed E-state index contributed by atoms with van der Waals surface area (Å²) in [5, 5.41) is 0. The zero-order valence-corrected chi connectivity index (χ0v) is 23.3. The van der Waals surface area contributed by atoms with Gasteiger partial charge in [-0.05, 0) is 37.6 Å². The molecular formula is C26H31N3O7S2. The number of rotatable bonds is 11. The fourth-order valence-electron chi connectivity index (χ4n) is 4.05. The van der Waals surface area contributed by atoms with Crippen molar-refractivity contribution in [3.8, 4) is 11.5 Å². The summed E-state index contributed by atoms with van der Waals surface area (Å²) in [6, 6.07) is 9.44. The first-order valence-electron chi connectivity index (χ1n) is 12.6. The van der Waals surface area contributed by atoms with Crippen molar-refractivity contribution in [2.45, 2.75) is 51.5 Å². The molecule has 204 valence electrons. The molecule has 0 fully saturated rings. The lowest BCUT2D eigenvalue weighted by atomic mass is 10.2. The number of hydrogen-bond donors (Lipinski definition) is 0. The molecule has 38 heavy (non-hydrogen) atoms. The molecule has 0 saturated carbocycles. The predicted molar refractivity (Wildman–Crippen MR) is 143 cm³/mol. The molecule has 0 N–H and O–H groups in total. The number of thiazole rings is 1. The van der Waals surface area contributed by atoms with Crippen molar-refractivity contribution in [1.82, 2.24) is 8.87 Å². The molecule has 1 aromatic heterocycles. The van der Waals surface area contributed by atoms with Gasteiger partial charge < -0.3 is 18.8 Å². The van der Waals surface area contributed by atoms with Gasteiger partial charge in [0.25, 0.3) is 5.91 Å². The van der Waals surface area contributed by atoms with Crippen LogP contribution < -0.4 is 14.3 Å². The van der Waals surface area contributed by atoms with Crippen LogP contribution in [0.2, 0.25) is 0 Å². The summed E-state index contributed by atoms with van der Waals surface area (Å²) in [4.78, 5) is 30.0. The maximum absolute atomic E-state index is 13.1. The highest BCUT2D eigenvalue weighted by atomic mass is 32.2. The smallest absolute Gasteiger partial charge is 0.307 e. The Morgan fingerprint density at radius 2 is 1.82 bits per heavy atom. The molecule has 2 aromatic carbocycles. The molecule has 2 heterocycles. The Hall–Kier alpha value is -3.22. The third-order valence-electron chi connectivity index (χ3n) is 6.07. The van der Waals surface area contributed by atoms with E-state index in [0.29, 0.717) is 29.4 Å². The third kappa shape index (κ3) is 5.92. The summed E-state index contributed by atoms with van der Waals surface area (Å²) in [6.45, 7) is 7.04. The number of benzene rings is 2. The summed E-state index contributed by atoms with van der Waals surface area (Å²) in [6.07, 6.45) is 1.77. The first-order chi connectivity index (χ1) is 18.3. The Balaban J connectivity index is 1.65. The van der Waals surface area contributed by atoms with Crippen LogP contribution in [0.3, 0.4) is 0 Å². The minimum Gasteiger partial charge on any atom is -0.466 e. The molecule has 0 unspecified atom stereocenters. The number of hydrogen-bond acceptors (Lipinski definition) is 8. The molecule has 0 spiro atoms. The van der Waals surface area contributed by atoms with E-state index in [-0.39, 0.29) is 42.8 Å². The zero-order valence-electron chi connectivity index (χ0n) is 21.6. The number of carbonyl (C=O) groups excluding carboxylic acids is 2. The van der Waals surface area contributed by atoms with Gasteiger partial charge in [-0.25, -0.2) is 8.42 Å². The lowest BCUT2D eigenvalue weighted by Gasteiger charge is -2.20. The molecule has 3 aromatic rings. The van der Waals surface area contributed by atoms with Gasteiger partial charge in [-0.1, -0.05) is 31.6 Å². The largest absolute Gasteiger partial charge is 0.466 e. The number of amides is 1. The highest BCUT2D eigenvalue weighted by Crippen LogP contribution is 2.37. The van der Waals surface area contributed by atoms with E-state index >= 15 is 0 Å². The van der Waals surface area contributed by atoms with Crippen molar-refractivity contribution in [2.75, 3.05) is 26.5 Å². The van der Waals surface area contributed by atoms with Gasteiger partial charge in [0.05, 0.1) is 28.1 Å². The van der Waals surface area contributed by atoms with Gasteiger partial charge in [0.1, 0.15) is 0 Å². The van der Waals surface area contributed by atoms with Crippen LogP contribution in [0.5, 0.6) is 11.5 Å². The van der Waals surface area contributed by atoms with Gasteiger partial charge in [-0.3, -0.25) is 9.59 Å². The Bertz CT molecular complexity index is 1490. The lowest BCUT2D eigenvalue weighted by Crippen LogP contribution is -2.31. The number of carbonyl (C=O) groups is 2. The van der Waals surface area contributed by atoms with Crippen molar-refractivity contribution in [2.24, 2.45) is 4.99 Å². The summed E-state index contributed by atoms with van der Waals surface area (Å²) >= 11 is 1.29. The minimum absolute atomic E-state index is 0.105. The monoisotopic (exact) mass is 561 g/mol. The van der Waals surface area contributed by atoms with E-state index in [1.54, 1.807) is 24.5 Å². The van der Waals surface area contributed by atoms with Crippen LogP contribution in [0.25, 0.3) is 10.2 Å². The molecule has 0 radical (unpaired) electrons. The number of aromatic nitrogens is 1. The number of nitrogens with zero attached hydrogens (tertiary/aromatic N) is 3. The maximum atomic E-state index is 13.1. The number of aryl methyl sites for hydroxylation is 1. The maximum Gasteiger partial charge on any atom is 0.307 e. The summed E-state index contributed by atoms with van der Waals surface area (Å²) in [7, 11) is -3.65. The van der Waals surface area contributed by atoms with E-state index < -0.39 is 15.9 Å². The van der Waals surface area contributed by atoms with Gasteiger partial charge in [0, 0.05) is 37.3 Å². The van der Waals surface area contributed by atoms with Crippen LogP contribution in [-0.2, 0) is 26.1 Å². The van der Waals surface area contributed by atoms with Crippen LogP contribution in [0.4, 0.5) is 0 Å². The number of ether oxygens (including phenoxy) is 3. The van der Waals surface area contributed by atoms with Gasteiger partial charge in [0.2, 0.25) is 16.8 Å². The summed E-state index contributed by atoms with van der Waals surface area (Å²) in [5.41, 5.74) is 1.01. The van der Waals surface area contributed by atoms with Gasteiger partial charge in [0.15, 0.2) is 16.3 Å². The first kappa shape index (κ1) is 27.8. The second-order valence-corrected chi connectivity index (χ2v) is 11.5. The average molecular weight is 562 g/mol. The van der Waals surface area contributed by atoms with E-state index in [1.807, 2.05) is 13.0 Å². The van der Waals surface area contributed by atoms with Crippen molar-refractivity contribution >= 4 is 43.5 Å².